The van der Waals surface area contributed by atoms with Gasteiger partial charge in [-0.15, -0.1) is 6.58 Å². The van der Waals surface area contributed by atoms with Crippen molar-refractivity contribution in [1.82, 2.24) is 4.90 Å². The van der Waals surface area contributed by atoms with Gasteiger partial charge in [0.2, 0.25) is 0 Å². The molecule has 0 aliphatic carbocycles. The van der Waals surface area contributed by atoms with Crippen LogP contribution in [0.25, 0.3) is 10.8 Å². The first-order chi connectivity index (χ1) is 10.9. The van der Waals surface area contributed by atoms with Gasteiger partial charge in [-0.25, -0.2) is 0 Å². The molecule has 0 unspecified atom stereocenters. The lowest BCUT2D eigenvalue weighted by Crippen LogP contribution is -3.00. The van der Waals surface area contributed by atoms with Crippen molar-refractivity contribution >= 4 is 10.8 Å². The molecule has 0 amide bonds. The van der Waals surface area contributed by atoms with E-state index in [1.807, 2.05) is 6.08 Å². The van der Waals surface area contributed by atoms with E-state index < -0.39 is 0 Å². The maximum absolute atomic E-state index is 6.22. The maximum Gasteiger partial charge on any atom is 0.130 e. The molecular formula is C20H25ClNO-. The van der Waals surface area contributed by atoms with Gasteiger partial charge in [0.05, 0.1) is 0 Å². The number of fused-ring (bicyclic) bond motifs is 1. The van der Waals surface area contributed by atoms with Crippen molar-refractivity contribution in [2.45, 2.75) is 25.7 Å². The van der Waals surface area contributed by atoms with Crippen molar-refractivity contribution in [2.75, 3.05) is 26.2 Å². The van der Waals surface area contributed by atoms with Gasteiger partial charge in [-0.2, -0.15) is 0 Å². The molecule has 0 aromatic heterocycles. The Labute approximate surface area is 145 Å². The van der Waals surface area contributed by atoms with Crippen molar-refractivity contribution in [2.24, 2.45) is 0 Å². The average molecular weight is 331 g/mol. The summed E-state index contributed by atoms with van der Waals surface area (Å²) in [6.45, 7) is 8.09. The second kappa shape index (κ2) is 8.95. The molecule has 2 nitrogen and oxygen atoms in total. The monoisotopic (exact) mass is 330 g/mol. The summed E-state index contributed by atoms with van der Waals surface area (Å²) in [6.07, 6.45) is 6.83. The molecule has 0 atom stereocenters. The Kier molecular flexibility index (Phi) is 6.94. The molecule has 1 aliphatic heterocycles. The molecule has 0 radical (unpaired) electrons. The molecule has 1 saturated heterocycles. The summed E-state index contributed by atoms with van der Waals surface area (Å²) in [5.41, 5.74) is 1.23. The molecular weight excluding hydrogens is 306 g/mol. The summed E-state index contributed by atoms with van der Waals surface area (Å²) in [7, 11) is 0. The zero-order valence-corrected chi connectivity index (χ0v) is 14.4. The summed E-state index contributed by atoms with van der Waals surface area (Å²) in [6, 6.07) is 12.8. The predicted octanol–water partition coefficient (Wildman–Crippen LogP) is 1.44. The lowest BCUT2D eigenvalue weighted by atomic mass is 10.0. The van der Waals surface area contributed by atoms with Gasteiger partial charge in [0.1, 0.15) is 12.4 Å². The number of allylic oxidation sites excluding steroid dienone is 1. The molecule has 1 aliphatic rings. The number of likely N-dealkylation sites (tertiary alicyclic amines) is 1. The number of benzene rings is 2. The number of halogens is 1. The Balaban J connectivity index is 0.00000192. The topological polar surface area (TPSA) is 12.5 Å². The van der Waals surface area contributed by atoms with Crippen LogP contribution < -0.4 is 17.1 Å². The highest BCUT2D eigenvalue weighted by Gasteiger charge is 2.11. The summed E-state index contributed by atoms with van der Waals surface area (Å²) < 4.78 is 6.22. The zero-order chi connectivity index (χ0) is 15.2. The van der Waals surface area contributed by atoms with E-state index in [0.717, 1.165) is 25.3 Å². The minimum absolute atomic E-state index is 0. The Morgan fingerprint density at radius 3 is 2.61 bits per heavy atom. The molecule has 3 rings (SSSR count). The van der Waals surface area contributed by atoms with Crippen molar-refractivity contribution in [1.29, 1.82) is 0 Å². The summed E-state index contributed by atoms with van der Waals surface area (Å²) in [5.74, 6) is 1.04. The van der Waals surface area contributed by atoms with Crippen LogP contribution in [-0.4, -0.2) is 31.1 Å². The van der Waals surface area contributed by atoms with Gasteiger partial charge >= 0.3 is 0 Å². The molecule has 124 valence electrons. The normalized spacial score (nSPS) is 15.1. The highest BCUT2D eigenvalue weighted by Crippen LogP contribution is 2.30. The molecule has 23 heavy (non-hydrogen) atoms. The molecule has 0 bridgehead atoms. The molecule has 2 aromatic carbocycles. The van der Waals surface area contributed by atoms with Crippen LogP contribution >= 0.6 is 0 Å². The SMILES string of the molecule is C=CCc1ccc2ccccc2c1OCCN1CCCCC1.[Cl-]. The molecule has 1 fully saturated rings. The number of nitrogens with zero attached hydrogens (tertiary/aromatic N) is 1. The van der Waals surface area contributed by atoms with Gasteiger partial charge in [-0.3, -0.25) is 4.90 Å². The minimum atomic E-state index is 0. The Bertz CT molecular complexity index is 635. The number of piperidine rings is 1. The second-order valence-corrected chi connectivity index (χ2v) is 6.02. The van der Waals surface area contributed by atoms with E-state index >= 15 is 0 Å². The molecule has 0 saturated carbocycles. The predicted molar refractivity (Wildman–Crippen MR) is 93.6 cm³/mol. The summed E-state index contributed by atoms with van der Waals surface area (Å²) in [4.78, 5) is 2.52. The first kappa shape index (κ1) is 17.8. The van der Waals surface area contributed by atoms with Gasteiger partial charge in [0, 0.05) is 11.9 Å². The van der Waals surface area contributed by atoms with E-state index in [1.165, 1.54) is 48.7 Å². The van der Waals surface area contributed by atoms with Crippen LogP contribution in [0.3, 0.4) is 0 Å². The second-order valence-electron chi connectivity index (χ2n) is 6.02. The van der Waals surface area contributed by atoms with Crippen molar-refractivity contribution in [3.8, 4) is 5.75 Å². The van der Waals surface area contributed by atoms with Crippen LogP contribution in [0.5, 0.6) is 5.75 Å². The van der Waals surface area contributed by atoms with E-state index in [0.29, 0.717) is 0 Å². The van der Waals surface area contributed by atoms with E-state index in [1.54, 1.807) is 0 Å². The Morgan fingerprint density at radius 1 is 1.04 bits per heavy atom. The Morgan fingerprint density at radius 2 is 1.83 bits per heavy atom. The third-order valence-corrected chi connectivity index (χ3v) is 4.43. The lowest BCUT2D eigenvalue weighted by molar-refractivity contribution is -0.00000483. The number of rotatable bonds is 6. The largest absolute Gasteiger partial charge is 1.00 e. The van der Waals surface area contributed by atoms with E-state index in [-0.39, 0.29) is 12.4 Å². The van der Waals surface area contributed by atoms with Crippen molar-refractivity contribution < 1.29 is 17.1 Å². The molecule has 0 spiro atoms. The van der Waals surface area contributed by atoms with Crippen LogP contribution in [0.1, 0.15) is 24.8 Å². The van der Waals surface area contributed by atoms with Gasteiger partial charge in [0.15, 0.2) is 0 Å². The maximum atomic E-state index is 6.22. The van der Waals surface area contributed by atoms with E-state index in [4.69, 9.17) is 4.74 Å². The van der Waals surface area contributed by atoms with Crippen LogP contribution in [0.4, 0.5) is 0 Å². The highest BCUT2D eigenvalue weighted by molar-refractivity contribution is 5.89. The van der Waals surface area contributed by atoms with Gasteiger partial charge in [0.25, 0.3) is 0 Å². The Hall–Kier alpha value is -1.51. The van der Waals surface area contributed by atoms with Crippen LogP contribution in [-0.2, 0) is 6.42 Å². The third kappa shape index (κ3) is 4.49. The van der Waals surface area contributed by atoms with Gasteiger partial charge in [-0.1, -0.05) is 48.9 Å². The first-order valence-corrected chi connectivity index (χ1v) is 8.35. The van der Waals surface area contributed by atoms with Crippen LogP contribution in [0.2, 0.25) is 0 Å². The smallest absolute Gasteiger partial charge is 0.130 e. The van der Waals surface area contributed by atoms with Crippen LogP contribution in [0, 0.1) is 0 Å². The summed E-state index contributed by atoms with van der Waals surface area (Å²) >= 11 is 0. The van der Waals surface area contributed by atoms with Crippen molar-refractivity contribution in [3.63, 3.8) is 0 Å². The fourth-order valence-corrected chi connectivity index (χ4v) is 3.23. The van der Waals surface area contributed by atoms with E-state index in [9.17, 15) is 0 Å². The lowest BCUT2D eigenvalue weighted by Gasteiger charge is -2.26. The minimum Gasteiger partial charge on any atom is -1.00 e. The molecule has 0 N–H and O–H groups in total. The van der Waals surface area contributed by atoms with Crippen molar-refractivity contribution in [3.05, 3.63) is 54.6 Å². The highest BCUT2D eigenvalue weighted by atomic mass is 35.5. The molecule has 1 heterocycles. The standard InChI is InChI=1S/C20H25NO.ClH/c1-2-8-18-12-11-17-9-4-5-10-19(17)20(18)22-16-15-21-13-6-3-7-14-21;/h2,4-5,9-12H,1,3,6-8,13-16H2;1H/p-1. The van der Waals surface area contributed by atoms with Gasteiger partial charge < -0.3 is 17.1 Å². The van der Waals surface area contributed by atoms with Crippen LogP contribution in [0.15, 0.2) is 49.1 Å². The van der Waals surface area contributed by atoms with Gasteiger partial charge in [-0.05, 0) is 43.3 Å². The fourth-order valence-electron chi connectivity index (χ4n) is 3.23. The number of hydrogen-bond donors (Lipinski definition) is 0. The van der Waals surface area contributed by atoms with E-state index in [2.05, 4.69) is 47.9 Å². The fraction of sp³-hybridized carbons (Fsp3) is 0.400. The zero-order valence-electron chi connectivity index (χ0n) is 13.6. The molecule has 2 aromatic rings. The average Bonchev–Trinajstić information content (AvgIpc) is 2.57. The first-order valence-electron chi connectivity index (χ1n) is 8.35. The quantitative estimate of drug-likeness (QED) is 0.743. The summed E-state index contributed by atoms with van der Waals surface area (Å²) in [5, 5.41) is 2.45. The number of hydrogen-bond acceptors (Lipinski definition) is 2. The third-order valence-electron chi connectivity index (χ3n) is 4.43. The number of ether oxygens (including phenoxy) is 1. The molecule has 3 heteroatoms.